The van der Waals surface area contributed by atoms with Crippen LogP contribution >= 0.6 is 0 Å². The van der Waals surface area contributed by atoms with E-state index >= 15 is 0 Å². The summed E-state index contributed by atoms with van der Waals surface area (Å²) in [6.45, 7) is 4.93. The molecular weight excluding hydrogens is 398 g/mol. The van der Waals surface area contributed by atoms with Gasteiger partial charge in [-0.3, -0.25) is 4.79 Å². The first-order chi connectivity index (χ1) is 15.0. The number of hydrogen-bond donors (Lipinski definition) is 4. The summed E-state index contributed by atoms with van der Waals surface area (Å²) in [5.74, 6) is -0.209. The fourth-order valence-electron chi connectivity index (χ4n) is 3.79. The van der Waals surface area contributed by atoms with Crippen LogP contribution in [0.25, 0.3) is 0 Å². The Bertz CT molecular complexity index is 749. The van der Waals surface area contributed by atoms with Crippen LogP contribution in [0.3, 0.4) is 0 Å². The van der Waals surface area contributed by atoms with Gasteiger partial charge in [-0.1, -0.05) is 6.92 Å². The molecule has 1 aromatic rings. The number of nitrogens with zero attached hydrogens (tertiary/aromatic N) is 1. The number of carbonyl (C=O) groups is 3. The lowest BCUT2D eigenvalue weighted by Gasteiger charge is -2.32. The minimum Gasteiger partial charge on any atom is -0.376 e. The summed E-state index contributed by atoms with van der Waals surface area (Å²) in [5.41, 5.74) is 1.28. The molecule has 0 spiro atoms. The van der Waals surface area contributed by atoms with Crippen LogP contribution in [0.1, 0.15) is 39.0 Å². The smallest absolute Gasteiger partial charge is 0.321 e. The minimum absolute atomic E-state index is 0.00947. The number of rotatable bonds is 7. The summed E-state index contributed by atoms with van der Waals surface area (Å²) < 4.78 is 5.55. The van der Waals surface area contributed by atoms with Gasteiger partial charge in [0.2, 0.25) is 5.91 Å². The topological polar surface area (TPSA) is 112 Å². The van der Waals surface area contributed by atoms with E-state index in [9.17, 15) is 14.4 Å². The molecule has 2 fully saturated rings. The van der Waals surface area contributed by atoms with Crippen LogP contribution in [0.2, 0.25) is 0 Å². The maximum Gasteiger partial charge on any atom is 0.321 e. The number of amides is 5. The van der Waals surface area contributed by atoms with Crippen LogP contribution in [-0.2, 0) is 9.53 Å². The van der Waals surface area contributed by atoms with E-state index in [0.717, 1.165) is 38.7 Å². The molecule has 2 aliphatic rings. The van der Waals surface area contributed by atoms with Gasteiger partial charge < -0.3 is 30.9 Å². The summed E-state index contributed by atoms with van der Waals surface area (Å²) >= 11 is 0. The Morgan fingerprint density at radius 3 is 2.45 bits per heavy atom. The molecule has 9 heteroatoms. The fraction of sp³-hybridized carbons (Fsp3) is 0.591. The predicted molar refractivity (Wildman–Crippen MR) is 119 cm³/mol. The number of hydrogen-bond acceptors (Lipinski definition) is 4. The molecule has 31 heavy (non-hydrogen) atoms. The Kier molecular flexibility index (Phi) is 8.52. The van der Waals surface area contributed by atoms with E-state index in [-0.39, 0.29) is 30.0 Å². The van der Waals surface area contributed by atoms with E-state index < -0.39 is 0 Å². The third-order valence-electron chi connectivity index (χ3n) is 5.54. The normalized spacial score (nSPS) is 20.7. The first kappa shape index (κ1) is 22.9. The molecule has 0 saturated carbocycles. The molecular formula is C22H33N5O4. The number of anilines is 2. The van der Waals surface area contributed by atoms with Gasteiger partial charge in [0.05, 0.1) is 12.0 Å². The predicted octanol–water partition coefficient (Wildman–Crippen LogP) is 2.76. The second kappa shape index (κ2) is 11.5. The molecule has 2 heterocycles. The van der Waals surface area contributed by atoms with Gasteiger partial charge in [0.25, 0.3) is 0 Å². The van der Waals surface area contributed by atoms with Crippen LogP contribution in [0, 0.1) is 5.92 Å². The Balaban J connectivity index is 1.44. The lowest BCUT2D eigenvalue weighted by Crippen LogP contribution is -2.47. The summed E-state index contributed by atoms with van der Waals surface area (Å²) in [6, 6.07) is 6.47. The molecule has 5 amide bonds. The Hall–Kier alpha value is -2.81. The van der Waals surface area contributed by atoms with Crippen LogP contribution < -0.4 is 21.3 Å². The molecule has 2 aliphatic heterocycles. The number of benzene rings is 1. The third kappa shape index (κ3) is 7.13. The molecule has 2 atom stereocenters. The maximum absolute atomic E-state index is 12.7. The zero-order valence-electron chi connectivity index (χ0n) is 18.1. The number of urea groups is 2. The van der Waals surface area contributed by atoms with E-state index in [2.05, 4.69) is 21.3 Å². The zero-order valence-corrected chi connectivity index (χ0v) is 18.1. The average molecular weight is 432 g/mol. The number of nitrogens with one attached hydrogen (secondary N) is 4. The first-order valence-electron chi connectivity index (χ1n) is 11.2. The highest BCUT2D eigenvalue weighted by Gasteiger charge is 2.29. The highest BCUT2D eigenvalue weighted by atomic mass is 16.5. The number of likely N-dealkylation sites (tertiary alicyclic amines) is 1. The van der Waals surface area contributed by atoms with Gasteiger partial charge in [0.1, 0.15) is 0 Å². The highest BCUT2D eigenvalue weighted by molar-refractivity contribution is 5.92. The van der Waals surface area contributed by atoms with Crippen molar-refractivity contribution in [3.63, 3.8) is 0 Å². The van der Waals surface area contributed by atoms with Crippen LogP contribution in [-0.4, -0.2) is 61.8 Å². The highest BCUT2D eigenvalue weighted by Crippen LogP contribution is 2.19. The van der Waals surface area contributed by atoms with Crippen LogP contribution in [0.5, 0.6) is 0 Å². The maximum atomic E-state index is 12.7. The van der Waals surface area contributed by atoms with Gasteiger partial charge in [-0.2, -0.15) is 0 Å². The Morgan fingerprint density at radius 2 is 1.77 bits per heavy atom. The summed E-state index contributed by atoms with van der Waals surface area (Å²) in [6.07, 6.45) is 4.58. The molecule has 0 aromatic heterocycles. The Labute approximate surface area is 183 Å². The summed E-state index contributed by atoms with van der Waals surface area (Å²) in [5, 5.41) is 11.3. The van der Waals surface area contributed by atoms with Crippen LogP contribution in [0.4, 0.5) is 21.0 Å². The number of ether oxygens (including phenoxy) is 1. The monoisotopic (exact) mass is 431 g/mol. The third-order valence-corrected chi connectivity index (χ3v) is 5.54. The molecule has 0 unspecified atom stereocenters. The van der Waals surface area contributed by atoms with E-state index in [1.807, 2.05) is 6.92 Å². The lowest BCUT2D eigenvalue weighted by atomic mass is 9.97. The lowest BCUT2D eigenvalue weighted by molar-refractivity contribution is -0.126. The minimum atomic E-state index is -0.254. The van der Waals surface area contributed by atoms with Gasteiger partial charge in [0, 0.05) is 44.2 Å². The first-order valence-corrected chi connectivity index (χ1v) is 11.2. The largest absolute Gasteiger partial charge is 0.376 e. The molecule has 0 bridgehead atoms. The van der Waals surface area contributed by atoms with Gasteiger partial charge in [-0.15, -0.1) is 0 Å². The van der Waals surface area contributed by atoms with Gasteiger partial charge in [-0.25, -0.2) is 9.59 Å². The second-order valence-corrected chi connectivity index (χ2v) is 8.05. The van der Waals surface area contributed by atoms with Gasteiger partial charge in [0.15, 0.2) is 0 Å². The van der Waals surface area contributed by atoms with Crippen molar-refractivity contribution < 1.29 is 19.1 Å². The molecule has 3 rings (SSSR count). The summed E-state index contributed by atoms with van der Waals surface area (Å²) in [4.78, 5) is 38.6. The van der Waals surface area contributed by atoms with Crippen molar-refractivity contribution >= 4 is 29.3 Å². The zero-order chi connectivity index (χ0) is 22.1. The van der Waals surface area contributed by atoms with Gasteiger partial charge >= 0.3 is 12.1 Å². The quantitative estimate of drug-likeness (QED) is 0.532. The molecule has 1 aromatic carbocycles. The molecule has 170 valence electrons. The Morgan fingerprint density at radius 1 is 1.03 bits per heavy atom. The fourth-order valence-corrected chi connectivity index (χ4v) is 3.79. The van der Waals surface area contributed by atoms with E-state index in [4.69, 9.17) is 4.74 Å². The standard InChI is InChI=1S/C22H33N5O4/c1-2-11-23-21(29)25-17-7-9-18(10-8-17)26-22(30)27-12-3-5-16(15-27)20(28)24-14-19-6-4-13-31-19/h7-10,16,19H,2-6,11-15H2,1H3,(H,24,28)(H,26,30)(H2,23,25,29)/t16-,19-/m1/s1. The molecule has 4 N–H and O–H groups in total. The van der Waals surface area contributed by atoms with Crippen molar-refractivity contribution in [1.29, 1.82) is 0 Å². The van der Waals surface area contributed by atoms with Crippen molar-refractivity contribution in [3.05, 3.63) is 24.3 Å². The molecule has 9 nitrogen and oxygen atoms in total. The second-order valence-electron chi connectivity index (χ2n) is 8.05. The summed E-state index contributed by atoms with van der Waals surface area (Å²) in [7, 11) is 0. The van der Waals surface area contributed by atoms with Crippen molar-refractivity contribution in [2.45, 2.75) is 45.1 Å². The van der Waals surface area contributed by atoms with Crippen molar-refractivity contribution in [2.24, 2.45) is 5.92 Å². The number of piperidine rings is 1. The van der Waals surface area contributed by atoms with Crippen molar-refractivity contribution in [2.75, 3.05) is 43.4 Å². The number of carbonyl (C=O) groups excluding carboxylic acids is 3. The van der Waals surface area contributed by atoms with Gasteiger partial charge in [-0.05, 0) is 56.4 Å². The van der Waals surface area contributed by atoms with E-state index in [0.29, 0.717) is 37.6 Å². The average Bonchev–Trinajstić information content (AvgIpc) is 3.31. The van der Waals surface area contributed by atoms with E-state index in [1.165, 1.54) is 0 Å². The molecule has 0 radical (unpaired) electrons. The van der Waals surface area contributed by atoms with Crippen LogP contribution in [0.15, 0.2) is 24.3 Å². The van der Waals surface area contributed by atoms with Crippen molar-refractivity contribution in [1.82, 2.24) is 15.5 Å². The molecule has 0 aliphatic carbocycles. The van der Waals surface area contributed by atoms with Crippen molar-refractivity contribution in [3.8, 4) is 0 Å². The SMILES string of the molecule is CCCNC(=O)Nc1ccc(NC(=O)N2CCC[C@@H](C(=O)NC[C@H]3CCCO3)C2)cc1. The van der Waals surface area contributed by atoms with E-state index in [1.54, 1.807) is 29.2 Å². The molecule has 2 saturated heterocycles.